The van der Waals surface area contributed by atoms with Crippen molar-refractivity contribution >= 4 is 103 Å². The predicted molar refractivity (Wildman–Crippen MR) is 92.5 cm³/mol. The van der Waals surface area contributed by atoms with Gasteiger partial charge in [0, 0.05) is 0 Å². The zero-order chi connectivity index (χ0) is 14.6. The number of rotatable bonds is 0. The molecule has 4 radical (unpaired) electrons. The molecule has 0 saturated carbocycles. The van der Waals surface area contributed by atoms with E-state index in [0.717, 1.165) is 0 Å². The molecule has 3 rings (SSSR count). The van der Waals surface area contributed by atoms with Crippen molar-refractivity contribution in [3.8, 4) is 0 Å². The fourth-order valence-electron chi connectivity index (χ4n) is 2.52. The van der Waals surface area contributed by atoms with Crippen molar-refractivity contribution in [1.29, 1.82) is 0 Å². The maximum atomic E-state index is 3.29. The van der Waals surface area contributed by atoms with Crippen molar-refractivity contribution in [2.24, 2.45) is 0 Å². The first-order valence-corrected chi connectivity index (χ1v) is 9.56. The molecule has 0 N–H and O–H groups in total. The normalized spacial score (nSPS) is 11.3. The summed E-state index contributed by atoms with van der Waals surface area (Å²) in [7, 11) is 0. The Balaban J connectivity index is 2.68. The molecule has 3 aromatic rings. The molecule has 0 atom stereocenters. The van der Waals surface area contributed by atoms with E-state index in [9.17, 15) is 0 Å². The summed E-state index contributed by atoms with van der Waals surface area (Å²) in [4.78, 5) is 0. The SMILES string of the molecule is Cc1c(C)c([Se])c2c([Se])c3c([Se])cccc3cc2c1[Se]. The van der Waals surface area contributed by atoms with Crippen molar-refractivity contribution < 1.29 is 0 Å². The summed E-state index contributed by atoms with van der Waals surface area (Å²) in [5.74, 6) is 0. The van der Waals surface area contributed by atoms with Crippen LogP contribution < -0.4 is 17.8 Å². The molecule has 98 valence electrons. The second-order valence-electron chi connectivity index (χ2n) is 4.89. The van der Waals surface area contributed by atoms with E-state index in [1.54, 1.807) is 0 Å². The molecule has 0 aromatic heterocycles. The van der Waals surface area contributed by atoms with Crippen molar-refractivity contribution in [1.82, 2.24) is 0 Å². The molecule has 20 heavy (non-hydrogen) atoms. The first-order chi connectivity index (χ1) is 9.43. The predicted octanol–water partition coefficient (Wildman–Crippen LogP) is -0.215. The van der Waals surface area contributed by atoms with E-state index < -0.39 is 0 Å². The van der Waals surface area contributed by atoms with Crippen LogP contribution in [0.2, 0.25) is 0 Å². The molecule has 3 aromatic carbocycles. The minimum absolute atomic E-state index is 1.19. The summed E-state index contributed by atoms with van der Waals surface area (Å²) < 4.78 is 4.91. The van der Waals surface area contributed by atoms with E-state index in [1.165, 1.54) is 50.5 Å². The third-order valence-corrected chi connectivity index (χ3v) is 7.54. The Labute approximate surface area is 151 Å². The molecule has 0 aliphatic carbocycles. The van der Waals surface area contributed by atoms with Gasteiger partial charge in [-0.25, -0.2) is 0 Å². The first-order valence-electron chi connectivity index (χ1n) is 6.14. The summed E-state index contributed by atoms with van der Waals surface area (Å²) >= 11 is 13.0. The van der Waals surface area contributed by atoms with Gasteiger partial charge >= 0.3 is 153 Å². The number of hydrogen-bond donors (Lipinski definition) is 0. The summed E-state index contributed by atoms with van der Waals surface area (Å²) in [6.07, 6.45) is 0. The number of benzene rings is 3. The van der Waals surface area contributed by atoms with Crippen molar-refractivity contribution in [3.63, 3.8) is 0 Å². The molecule has 0 fully saturated rings. The maximum absolute atomic E-state index is 3.29. The molecule has 0 amide bonds. The van der Waals surface area contributed by atoms with Gasteiger partial charge in [0.05, 0.1) is 0 Å². The Bertz CT molecular complexity index is 866. The third-order valence-electron chi connectivity index (χ3n) is 3.80. The molecule has 0 spiro atoms. The minimum atomic E-state index is 1.19. The van der Waals surface area contributed by atoms with Crippen LogP contribution in [0.3, 0.4) is 0 Å². The van der Waals surface area contributed by atoms with E-state index in [1.807, 2.05) is 0 Å². The standard InChI is InChI=1S/C16H10Se4/c1-7-8(2)15(19)13-10(14(7)18)6-9-4-3-5-11(17)12(9)16(13)20/h3-6H,1-2H3. The summed E-state index contributed by atoms with van der Waals surface area (Å²) in [6.45, 7) is 4.35. The fourth-order valence-corrected chi connectivity index (χ4v) is 6.15. The van der Waals surface area contributed by atoms with Gasteiger partial charge in [-0.15, -0.1) is 0 Å². The summed E-state index contributed by atoms with van der Waals surface area (Å²) in [5, 5.41) is 5.12. The Morgan fingerprint density at radius 2 is 1.40 bits per heavy atom. The van der Waals surface area contributed by atoms with Gasteiger partial charge in [0.15, 0.2) is 0 Å². The van der Waals surface area contributed by atoms with Crippen molar-refractivity contribution in [2.75, 3.05) is 0 Å². The first kappa shape index (κ1) is 15.2. The van der Waals surface area contributed by atoms with E-state index in [4.69, 9.17) is 0 Å². The van der Waals surface area contributed by atoms with Crippen molar-refractivity contribution in [2.45, 2.75) is 13.8 Å². The van der Waals surface area contributed by atoms with Gasteiger partial charge in [0.1, 0.15) is 0 Å². The van der Waals surface area contributed by atoms with Gasteiger partial charge in [-0.05, 0) is 0 Å². The van der Waals surface area contributed by atoms with Crippen LogP contribution in [0, 0.1) is 13.8 Å². The van der Waals surface area contributed by atoms with Gasteiger partial charge in [-0.1, -0.05) is 0 Å². The Hall–Kier alpha value is 0.258. The van der Waals surface area contributed by atoms with Gasteiger partial charge in [-0.3, -0.25) is 0 Å². The van der Waals surface area contributed by atoms with Crippen LogP contribution in [0.4, 0.5) is 0 Å². The molecule has 0 saturated heterocycles. The molecule has 0 bridgehead atoms. The van der Waals surface area contributed by atoms with Crippen LogP contribution in [0.15, 0.2) is 24.3 Å². The van der Waals surface area contributed by atoms with Crippen LogP contribution in [0.25, 0.3) is 21.5 Å². The zero-order valence-electron chi connectivity index (χ0n) is 10.9. The summed E-state index contributed by atoms with van der Waals surface area (Å²) in [6, 6.07) is 8.67. The zero-order valence-corrected chi connectivity index (χ0v) is 17.8. The second-order valence-corrected chi connectivity index (χ2v) is 8.38. The molecule has 0 nitrogen and oxygen atoms in total. The van der Waals surface area contributed by atoms with Crippen LogP contribution in [-0.2, 0) is 0 Å². The Morgan fingerprint density at radius 1 is 0.750 bits per heavy atom. The molecule has 4 heteroatoms. The Morgan fingerprint density at radius 3 is 2.10 bits per heavy atom. The van der Waals surface area contributed by atoms with Crippen LogP contribution in [0.1, 0.15) is 11.1 Å². The fraction of sp³-hybridized carbons (Fsp3) is 0.125. The van der Waals surface area contributed by atoms with E-state index in [-0.39, 0.29) is 0 Å². The van der Waals surface area contributed by atoms with E-state index in [2.05, 4.69) is 102 Å². The van der Waals surface area contributed by atoms with Gasteiger partial charge in [-0.2, -0.15) is 0 Å². The monoisotopic (exact) mass is 522 g/mol. The average molecular weight is 518 g/mol. The van der Waals surface area contributed by atoms with Gasteiger partial charge < -0.3 is 0 Å². The quantitative estimate of drug-likeness (QED) is 0.286. The molecule has 0 heterocycles. The molecule has 0 aliphatic rings. The average Bonchev–Trinajstić information content (AvgIpc) is 2.42. The van der Waals surface area contributed by atoms with Gasteiger partial charge in [0.2, 0.25) is 0 Å². The Kier molecular flexibility index (Phi) is 4.15. The van der Waals surface area contributed by atoms with Crippen LogP contribution >= 0.6 is 0 Å². The number of fused-ring (bicyclic) bond motifs is 2. The molecule has 0 unspecified atom stereocenters. The topological polar surface area (TPSA) is 0 Å². The number of hydrogen-bond acceptors (Lipinski definition) is 0. The third kappa shape index (κ3) is 2.15. The van der Waals surface area contributed by atoms with E-state index >= 15 is 0 Å². The van der Waals surface area contributed by atoms with Crippen molar-refractivity contribution in [3.05, 3.63) is 35.4 Å². The molecule has 0 aliphatic heterocycles. The molecular weight excluding hydrogens is 508 g/mol. The van der Waals surface area contributed by atoms with Crippen LogP contribution in [0.5, 0.6) is 0 Å². The van der Waals surface area contributed by atoms with E-state index in [0.29, 0.717) is 0 Å². The molecular formula is C16H10Se4. The van der Waals surface area contributed by atoms with Crippen LogP contribution in [-0.4, -0.2) is 64.1 Å². The van der Waals surface area contributed by atoms with Gasteiger partial charge in [0.25, 0.3) is 0 Å². The second kappa shape index (κ2) is 5.47. The summed E-state index contributed by atoms with van der Waals surface area (Å²) in [5.41, 5.74) is 2.64.